The van der Waals surface area contributed by atoms with Crippen LogP contribution in [0.1, 0.15) is 0 Å². The zero-order valence-corrected chi connectivity index (χ0v) is 31.0. The van der Waals surface area contributed by atoms with E-state index in [1.807, 2.05) is 0 Å². The monoisotopic (exact) mass is 725 g/mol. The minimum absolute atomic E-state index is 0.699. The molecule has 0 N–H and O–H groups in total. The number of fused-ring (bicyclic) bond motifs is 5. The lowest BCUT2D eigenvalue weighted by atomic mass is 9.97. The van der Waals surface area contributed by atoms with Crippen molar-refractivity contribution in [3.05, 3.63) is 212 Å². The van der Waals surface area contributed by atoms with E-state index in [0.717, 1.165) is 44.9 Å². The van der Waals surface area contributed by atoms with Gasteiger partial charge in [0.15, 0.2) is 5.82 Å². The second kappa shape index (κ2) is 13.6. The Kier molecular flexibility index (Phi) is 7.82. The minimum Gasteiger partial charge on any atom is -0.309 e. The molecule has 0 spiro atoms. The van der Waals surface area contributed by atoms with Gasteiger partial charge in [-0.3, -0.25) is 0 Å². The van der Waals surface area contributed by atoms with E-state index in [0.29, 0.717) is 5.82 Å². The number of nitrogens with zero attached hydrogens (tertiary/aromatic N) is 3. The highest BCUT2D eigenvalue weighted by molar-refractivity contribution is 6.09. The summed E-state index contributed by atoms with van der Waals surface area (Å²) in [5.41, 5.74) is 13.2. The van der Waals surface area contributed by atoms with Gasteiger partial charge in [-0.2, -0.15) is 0 Å². The molecule has 0 fully saturated rings. The Labute approximate surface area is 330 Å². The molecule has 2 aromatic heterocycles. The van der Waals surface area contributed by atoms with Crippen molar-refractivity contribution in [2.45, 2.75) is 0 Å². The smallest absolute Gasteiger partial charge is 0.160 e. The summed E-state index contributed by atoms with van der Waals surface area (Å²) in [6.45, 7) is 0. The van der Waals surface area contributed by atoms with Crippen LogP contribution in [0.25, 0.3) is 105 Å². The number of aromatic nitrogens is 3. The van der Waals surface area contributed by atoms with E-state index in [9.17, 15) is 0 Å². The van der Waals surface area contributed by atoms with Gasteiger partial charge in [0.05, 0.1) is 22.4 Å². The van der Waals surface area contributed by atoms with E-state index in [1.54, 1.807) is 0 Å². The van der Waals surface area contributed by atoms with Crippen LogP contribution in [0.5, 0.6) is 0 Å². The molecule has 9 aromatic carbocycles. The maximum Gasteiger partial charge on any atom is 0.160 e. The summed E-state index contributed by atoms with van der Waals surface area (Å²) >= 11 is 0. The predicted octanol–water partition coefficient (Wildman–Crippen LogP) is 14.2. The van der Waals surface area contributed by atoms with Crippen molar-refractivity contribution in [2.24, 2.45) is 0 Å². The number of rotatable bonds is 6. The summed E-state index contributed by atoms with van der Waals surface area (Å²) in [6, 6.07) is 75.7. The largest absolute Gasteiger partial charge is 0.309 e. The fourth-order valence-corrected chi connectivity index (χ4v) is 8.45. The highest BCUT2D eigenvalue weighted by Crippen LogP contribution is 2.36. The molecule has 11 rings (SSSR count). The van der Waals surface area contributed by atoms with E-state index in [4.69, 9.17) is 9.97 Å². The number of hydrogen-bond donors (Lipinski definition) is 0. The molecule has 0 aliphatic rings. The SMILES string of the molecule is c1cc(-c2ccc(-c3ccc(-n4c5ccccc5c5ccccc54)cc3)cc2)cc(-c2nc(-c3cccc4ccccc34)cc(-c3cccc4ccccc34)n2)c1. The molecule has 0 atom stereocenters. The van der Waals surface area contributed by atoms with Gasteiger partial charge < -0.3 is 4.57 Å². The van der Waals surface area contributed by atoms with Gasteiger partial charge in [0, 0.05) is 33.2 Å². The zero-order valence-electron chi connectivity index (χ0n) is 31.0. The second-order valence-corrected chi connectivity index (χ2v) is 14.6. The first kappa shape index (κ1) is 32.8. The van der Waals surface area contributed by atoms with Crippen LogP contribution >= 0.6 is 0 Å². The third-order valence-electron chi connectivity index (χ3n) is 11.2. The lowest BCUT2D eigenvalue weighted by molar-refractivity contribution is 1.18. The Morgan fingerprint density at radius 1 is 0.298 bits per heavy atom. The van der Waals surface area contributed by atoms with Crippen LogP contribution in [-0.2, 0) is 0 Å². The minimum atomic E-state index is 0.699. The molecule has 0 bridgehead atoms. The summed E-state index contributed by atoms with van der Waals surface area (Å²) in [5, 5.41) is 7.25. The van der Waals surface area contributed by atoms with Crippen molar-refractivity contribution in [3.63, 3.8) is 0 Å². The lowest BCUT2D eigenvalue weighted by Crippen LogP contribution is -1.97. The van der Waals surface area contributed by atoms with E-state index in [1.165, 1.54) is 54.5 Å². The number of para-hydroxylation sites is 2. The summed E-state index contributed by atoms with van der Waals surface area (Å²) in [6.07, 6.45) is 0. The van der Waals surface area contributed by atoms with Gasteiger partial charge in [-0.05, 0) is 80.2 Å². The molecule has 3 nitrogen and oxygen atoms in total. The Morgan fingerprint density at radius 3 is 1.28 bits per heavy atom. The quantitative estimate of drug-likeness (QED) is 0.171. The van der Waals surface area contributed by atoms with Gasteiger partial charge in [-0.25, -0.2) is 9.97 Å². The molecule has 0 saturated carbocycles. The van der Waals surface area contributed by atoms with Crippen molar-refractivity contribution in [1.82, 2.24) is 14.5 Å². The zero-order chi connectivity index (χ0) is 37.7. The van der Waals surface area contributed by atoms with E-state index < -0.39 is 0 Å². The summed E-state index contributed by atoms with van der Waals surface area (Å²) in [5.74, 6) is 0.699. The highest BCUT2D eigenvalue weighted by Gasteiger charge is 2.16. The fourth-order valence-electron chi connectivity index (χ4n) is 8.45. The van der Waals surface area contributed by atoms with Crippen LogP contribution in [0.3, 0.4) is 0 Å². The normalized spacial score (nSPS) is 11.5. The van der Waals surface area contributed by atoms with Crippen LogP contribution < -0.4 is 0 Å². The molecule has 2 heterocycles. The topological polar surface area (TPSA) is 30.7 Å². The van der Waals surface area contributed by atoms with Crippen molar-refractivity contribution in [2.75, 3.05) is 0 Å². The lowest BCUT2D eigenvalue weighted by Gasteiger charge is -2.13. The molecular formula is C54H35N3. The maximum atomic E-state index is 5.26. The fraction of sp³-hybridized carbons (Fsp3) is 0. The summed E-state index contributed by atoms with van der Waals surface area (Å²) in [7, 11) is 0. The van der Waals surface area contributed by atoms with Crippen LogP contribution in [-0.4, -0.2) is 14.5 Å². The average molecular weight is 726 g/mol. The molecular weight excluding hydrogens is 691 g/mol. The third kappa shape index (κ3) is 5.76. The second-order valence-electron chi connectivity index (χ2n) is 14.6. The number of benzene rings is 9. The average Bonchev–Trinajstić information content (AvgIpc) is 3.63. The molecule has 3 heteroatoms. The van der Waals surface area contributed by atoms with Crippen molar-refractivity contribution in [3.8, 4) is 61.8 Å². The van der Waals surface area contributed by atoms with Crippen molar-refractivity contribution < 1.29 is 0 Å². The van der Waals surface area contributed by atoms with Crippen LogP contribution in [0.4, 0.5) is 0 Å². The van der Waals surface area contributed by atoms with E-state index in [-0.39, 0.29) is 0 Å². The van der Waals surface area contributed by atoms with Crippen molar-refractivity contribution in [1.29, 1.82) is 0 Å². The number of hydrogen-bond acceptors (Lipinski definition) is 2. The van der Waals surface area contributed by atoms with Gasteiger partial charge in [-0.1, -0.05) is 176 Å². The van der Waals surface area contributed by atoms with Crippen molar-refractivity contribution >= 4 is 43.4 Å². The van der Waals surface area contributed by atoms with Crippen LogP contribution in [0, 0.1) is 0 Å². The summed E-state index contributed by atoms with van der Waals surface area (Å²) in [4.78, 5) is 10.5. The predicted molar refractivity (Wildman–Crippen MR) is 239 cm³/mol. The first-order valence-electron chi connectivity index (χ1n) is 19.4. The standard InChI is InChI=1S/C54H35N3/c1-3-18-44-39(12-1)14-10-22-46(44)50-35-51(47-23-11-15-40-13-2-4-19-45(40)47)56-54(55-50)42-17-9-16-41(34-42)38-28-26-36(27-29-38)37-30-32-43(33-31-37)57-52-24-7-5-20-48(52)49-21-6-8-25-53(49)57/h1-35H. The maximum absolute atomic E-state index is 5.26. The first-order chi connectivity index (χ1) is 28.2. The first-order valence-corrected chi connectivity index (χ1v) is 19.4. The van der Waals surface area contributed by atoms with Gasteiger partial charge in [-0.15, -0.1) is 0 Å². The molecule has 0 unspecified atom stereocenters. The van der Waals surface area contributed by atoms with E-state index in [2.05, 4.69) is 217 Å². The Bertz CT molecular complexity index is 3120. The van der Waals surface area contributed by atoms with Gasteiger partial charge in [0.1, 0.15) is 0 Å². The molecule has 57 heavy (non-hydrogen) atoms. The Hall–Kier alpha value is -7.62. The molecule has 0 aliphatic heterocycles. The molecule has 0 amide bonds. The van der Waals surface area contributed by atoms with Gasteiger partial charge >= 0.3 is 0 Å². The van der Waals surface area contributed by atoms with Crippen LogP contribution in [0.2, 0.25) is 0 Å². The Balaban J connectivity index is 0.954. The highest BCUT2D eigenvalue weighted by atomic mass is 15.0. The Morgan fingerprint density at radius 2 is 0.719 bits per heavy atom. The van der Waals surface area contributed by atoms with Crippen LogP contribution in [0.15, 0.2) is 212 Å². The molecule has 266 valence electrons. The molecule has 0 aliphatic carbocycles. The van der Waals surface area contributed by atoms with Gasteiger partial charge in [0.25, 0.3) is 0 Å². The van der Waals surface area contributed by atoms with E-state index >= 15 is 0 Å². The molecule has 0 radical (unpaired) electrons. The molecule has 0 saturated heterocycles. The summed E-state index contributed by atoms with van der Waals surface area (Å²) < 4.78 is 2.36. The molecule has 11 aromatic rings. The van der Waals surface area contributed by atoms with Gasteiger partial charge in [0.2, 0.25) is 0 Å². The third-order valence-corrected chi connectivity index (χ3v) is 11.2.